The van der Waals surface area contributed by atoms with E-state index in [1.165, 1.54) is 11.4 Å². The fraction of sp³-hybridized carbons (Fsp3) is 0.250. The number of nitrogens with zero attached hydrogens (tertiary/aromatic N) is 2. The lowest BCUT2D eigenvalue weighted by Gasteiger charge is -2.02. The highest BCUT2D eigenvalue weighted by Crippen LogP contribution is 2.08. The van der Waals surface area contributed by atoms with Gasteiger partial charge < -0.3 is 0 Å². The fourth-order valence-electron chi connectivity index (χ4n) is 2.09. The Bertz CT molecular complexity index is 530. The van der Waals surface area contributed by atoms with Crippen LogP contribution in [0.15, 0.2) is 53.5 Å². The first kappa shape index (κ1) is 12.5. The monoisotopic (exact) mass is 239 g/mol. The second kappa shape index (κ2) is 6.10. The number of aryl methyl sites for hydroxylation is 1. The van der Waals surface area contributed by atoms with Gasteiger partial charge in [-0.2, -0.15) is 4.57 Å². The summed E-state index contributed by atoms with van der Waals surface area (Å²) in [6.07, 6.45) is 2.85. The van der Waals surface area contributed by atoms with Gasteiger partial charge in [0.05, 0.1) is 12.1 Å². The maximum Gasteiger partial charge on any atom is 0.186 e. The van der Waals surface area contributed by atoms with Gasteiger partial charge in [-0.25, -0.2) is 0 Å². The normalized spacial score (nSPS) is 11.0. The smallest absolute Gasteiger partial charge is 0.186 e. The predicted octanol–water partition coefficient (Wildman–Crippen LogP) is 3.25. The van der Waals surface area contributed by atoms with Crippen LogP contribution in [-0.2, 0) is 13.0 Å². The summed E-state index contributed by atoms with van der Waals surface area (Å²) < 4.78 is 2.32. The third kappa shape index (κ3) is 3.04. The van der Waals surface area contributed by atoms with Crippen LogP contribution in [0, 0.1) is 6.92 Å². The molecule has 0 radical (unpaired) electrons. The molecule has 1 heterocycles. The van der Waals surface area contributed by atoms with Crippen molar-refractivity contribution < 1.29 is 4.57 Å². The Balaban J connectivity index is 2.11. The zero-order valence-corrected chi connectivity index (χ0v) is 11.0. The Hall–Kier alpha value is -1.96. The molecule has 0 N–H and O–H groups in total. The van der Waals surface area contributed by atoms with E-state index in [9.17, 15) is 0 Å². The Morgan fingerprint density at radius 1 is 1.06 bits per heavy atom. The van der Waals surface area contributed by atoms with E-state index in [4.69, 9.17) is 0 Å². The van der Waals surface area contributed by atoms with Crippen molar-refractivity contribution in [1.82, 2.24) is 0 Å². The molecule has 1 aromatic carbocycles. The van der Waals surface area contributed by atoms with Crippen molar-refractivity contribution in [1.29, 1.82) is 0 Å². The molecule has 0 saturated heterocycles. The number of rotatable bonds is 4. The number of aromatic nitrogens is 1. The molecule has 1 aromatic heterocycles. The van der Waals surface area contributed by atoms with Gasteiger partial charge >= 0.3 is 0 Å². The molecular weight excluding hydrogens is 220 g/mol. The van der Waals surface area contributed by atoms with E-state index in [2.05, 4.69) is 41.6 Å². The number of benzene rings is 1. The standard InChI is InChI=1S/C16H19N2/c1-3-18-14(2)8-7-11-16(18)12-13-17-15-9-5-4-6-10-15/h4-11,13H,3,12H2,1-2H3/q+1. The molecule has 2 nitrogen and oxygen atoms in total. The van der Waals surface area contributed by atoms with E-state index >= 15 is 0 Å². The summed E-state index contributed by atoms with van der Waals surface area (Å²) in [6, 6.07) is 16.4. The van der Waals surface area contributed by atoms with Crippen molar-refractivity contribution in [3.8, 4) is 0 Å². The van der Waals surface area contributed by atoms with Gasteiger partial charge in [0.15, 0.2) is 11.4 Å². The minimum Gasteiger partial charge on any atom is -0.261 e. The maximum atomic E-state index is 4.47. The van der Waals surface area contributed by atoms with Crippen LogP contribution in [0.25, 0.3) is 0 Å². The molecule has 0 unspecified atom stereocenters. The molecule has 0 spiro atoms. The molecule has 2 aromatic rings. The van der Waals surface area contributed by atoms with Gasteiger partial charge in [-0.3, -0.25) is 4.99 Å². The first-order chi connectivity index (χ1) is 8.81. The van der Waals surface area contributed by atoms with Gasteiger partial charge in [-0.05, 0) is 25.1 Å². The molecule has 0 atom stereocenters. The fourth-order valence-corrected chi connectivity index (χ4v) is 2.09. The number of para-hydroxylation sites is 1. The summed E-state index contributed by atoms with van der Waals surface area (Å²) >= 11 is 0. The lowest BCUT2D eigenvalue weighted by atomic mass is 10.2. The second-order valence-corrected chi connectivity index (χ2v) is 4.25. The van der Waals surface area contributed by atoms with E-state index in [1.807, 2.05) is 36.5 Å². The van der Waals surface area contributed by atoms with Crippen LogP contribution in [-0.4, -0.2) is 6.21 Å². The highest BCUT2D eigenvalue weighted by Gasteiger charge is 2.09. The Morgan fingerprint density at radius 2 is 1.83 bits per heavy atom. The molecule has 0 amide bonds. The summed E-state index contributed by atoms with van der Waals surface area (Å²) in [5.41, 5.74) is 3.61. The van der Waals surface area contributed by atoms with Gasteiger partial charge in [0.1, 0.15) is 6.54 Å². The van der Waals surface area contributed by atoms with E-state index in [1.54, 1.807) is 0 Å². The minimum atomic E-state index is 0.865. The van der Waals surface area contributed by atoms with E-state index in [0.717, 1.165) is 18.7 Å². The average molecular weight is 239 g/mol. The van der Waals surface area contributed by atoms with E-state index in [-0.39, 0.29) is 0 Å². The third-order valence-electron chi connectivity index (χ3n) is 3.01. The van der Waals surface area contributed by atoms with Crippen molar-refractivity contribution in [2.45, 2.75) is 26.8 Å². The summed E-state index contributed by atoms with van der Waals surface area (Å²) in [4.78, 5) is 4.47. The largest absolute Gasteiger partial charge is 0.261 e. The zero-order valence-electron chi connectivity index (χ0n) is 11.0. The van der Waals surface area contributed by atoms with Gasteiger partial charge in [0, 0.05) is 25.3 Å². The van der Waals surface area contributed by atoms with Crippen LogP contribution < -0.4 is 4.57 Å². The SMILES string of the molecule is CC[n+]1c(C)cccc1CC=Nc1ccccc1. The molecule has 2 heteroatoms. The van der Waals surface area contributed by atoms with Gasteiger partial charge in [0.2, 0.25) is 0 Å². The van der Waals surface area contributed by atoms with Gasteiger partial charge in [0.25, 0.3) is 0 Å². The van der Waals surface area contributed by atoms with Crippen molar-refractivity contribution in [2.75, 3.05) is 0 Å². The topological polar surface area (TPSA) is 16.2 Å². The lowest BCUT2D eigenvalue weighted by molar-refractivity contribution is -0.705. The molecule has 18 heavy (non-hydrogen) atoms. The summed E-state index contributed by atoms with van der Waals surface area (Å²) in [5, 5.41) is 0. The summed E-state index contributed by atoms with van der Waals surface area (Å²) in [7, 11) is 0. The molecule has 2 rings (SSSR count). The number of hydrogen-bond donors (Lipinski definition) is 0. The summed E-state index contributed by atoms with van der Waals surface area (Å²) in [6.45, 7) is 5.31. The number of aliphatic imine (C=N–C) groups is 1. The number of pyridine rings is 1. The van der Waals surface area contributed by atoms with Crippen LogP contribution in [0.2, 0.25) is 0 Å². The Morgan fingerprint density at radius 3 is 2.56 bits per heavy atom. The van der Waals surface area contributed by atoms with Crippen LogP contribution >= 0.6 is 0 Å². The lowest BCUT2D eigenvalue weighted by Crippen LogP contribution is -2.40. The highest BCUT2D eigenvalue weighted by atomic mass is 15.0. The molecule has 92 valence electrons. The zero-order chi connectivity index (χ0) is 12.8. The van der Waals surface area contributed by atoms with E-state index < -0.39 is 0 Å². The molecule has 0 saturated carbocycles. The van der Waals surface area contributed by atoms with Crippen molar-refractivity contribution >= 4 is 11.9 Å². The Labute approximate surface area is 109 Å². The van der Waals surface area contributed by atoms with Gasteiger partial charge in [-0.15, -0.1) is 0 Å². The molecule has 0 bridgehead atoms. The van der Waals surface area contributed by atoms with Crippen molar-refractivity contribution in [3.63, 3.8) is 0 Å². The highest BCUT2D eigenvalue weighted by molar-refractivity contribution is 5.65. The second-order valence-electron chi connectivity index (χ2n) is 4.25. The molecule has 0 aliphatic heterocycles. The van der Waals surface area contributed by atoms with Crippen LogP contribution in [0.5, 0.6) is 0 Å². The summed E-state index contributed by atoms with van der Waals surface area (Å²) in [5.74, 6) is 0. The quantitative estimate of drug-likeness (QED) is 0.575. The molecule has 0 fully saturated rings. The predicted molar refractivity (Wildman–Crippen MR) is 75.3 cm³/mol. The van der Waals surface area contributed by atoms with Crippen molar-refractivity contribution in [2.24, 2.45) is 4.99 Å². The third-order valence-corrected chi connectivity index (χ3v) is 3.01. The van der Waals surface area contributed by atoms with E-state index in [0.29, 0.717) is 0 Å². The van der Waals surface area contributed by atoms with Crippen LogP contribution in [0.4, 0.5) is 5.69 Å². The first-order valence-electron chi connectivity index (χ1n) is 6.37. The average Bonchev–Trinajstić information content (AvgIpc) is 2.40. The minimum absolute atomic E-state index is 0.865. The van der Waals surface area contributed by atoms with Crippen LogP contribution in [0.1, 0.15) is 18.3 Å². The van der Waals surface area contributed by atoms with Crippen LogP contribution in [0.3, 0.4) is 0 Å². The number of hydrogen-bond acceptors (Lipinski definition) is 1. The van der Waals surface area contributed by atoms with Gasteiger partial charge in [-0.1, -0.05) is 18.2 Å². The Kier molecular flexibility index (Phi) is 4.24. The first-order valence-corrected chi connectivity index (χ1v) is 6.37. The maximum absolute atomic E-state index is 4.47. The molecule has 0 aliphatic rings. The molecule has 0 aliphatic carbocycles. The van der Waals surface area contributed by atoms with Crippen molar-refractivity contribution in [3.05, 3.63) is 59.9 Å². The molecular formula is C16H19N2+.